The minimum Gasteiger partial charge on any atom is -0.306 e. The lowest BCUT2D eigenvalue weighted by Crippen LogP contribution is -2.21. The van der Waals surface area contributed by atoms with Crippen molar-refractivity contribution in [3.63, 3.8) is 0 Å². The van der Waals surface area contributed by atoms with Crippen molar-refractivity contribution in [3.05, 3.63) is 35.9 Å². The van der Waals surface area contributed by atoms with Gasteiger partial charge in [-0.25, -0.2) is 4.39 Å². The third kappa shape index (κ3) is 2.62. The van der Waals surface area contributed by atoms with Crippen molar-refractivity contribution in [2.24, 2.45) is 0 Å². The molecule has 0 amide bonds. The second-order valence-electron chi connectivity index (χ2n) is 3.43. The Balaban J connectivity index is 3.29. The normalized spacial score (nSPS) is 14.8. The summed E-state index contributed by atoms with van der Waals surface area (Å²) in [5, 5.41) is 6.28. The van der Waals surface area contributed by atoms with E-state index in [-0.39, 0.29) is 18.8 Å². The van der Waals surface area contributed by atoms with Crippen molar-refractivity contribution in [2.45, 2.75) is 19.3 Å². The molecule has 0 fully saturated rings. The van der Waals surface area contributed by atoms with Gasteiger partial charge in [0.05, 0.1) is 13.2 Å². The van der Waals surface area contributed by atoms with Crippen molar-refractivity contribution >= 4 is 7.60 Å². The van der Waals surface area contributed by atoms with Gasteiger partial charge in [0, 0.05) is 5.56 Å². The summed E-state index contributed by atoms with van der Waals surface area (Å²) in [5.74, 6) is 0. The summed E-state index contributed by atoms with van der Waals surface area (Å²) in [6.07, 6.45) is 0. The van der Waals surface area contributed by atoms with E-state index < -0.39 is 13.0 Å². The molecule has 1 unspecified atom stereocenters. The zero-order valence-corrected chi connectivity index (χ0v) is 11.2. The Kier molecular flexibility index (Phi) is 5.03. The minimum atomic E-state index is -4.19. The van der Waals surface area contributed by atoms with Crippen LogP contribution in [0.4, 0.5) is 4.39 Å². The van der Waals surface area contributed by atoms with Crippen molar-refractivity contribution in [3.8, 4) is 6.07 Å². The third-order valence-electron chi connectivity index (χ3n) is 2.28. The van der Waals surface area contributed by atoms with Gasteiger partial charge >= 0.3 is 13.0 Å². The largest absolute Gasteiger partial charge is 0.386 e. The van der Waals surface area contributed by atoms with Crippen molar-refractivity contribution in [2.75, 3.05) is 13.2 Å². The van der Waals surface area contributed by atoms with E-state index in [0.717, 1.165) is 0 Å². The van der Waals surface area contributed by atoms with E-state index in [9.17, 15) is 8.96 Å². The van der Waals surface area contributed by atoms with Gasteiger partial charge < -0.3 is 9.05 Å². The minimum absolute atomic E-state index is 0.00252. The Hall–Kier alpha value is -1.21. The first-order chi connectivity index (χ1) is 8.54. The molecule has 0 heterocycles. The van der Waals surface area contributed by atoms with Crippen LogP contribution in [-0.2, 0) is 19.0 Å². The molecule has 1 aromatic rings. The summed E-state index contributed by atoms with van der Waals surface area (Å²) in [6, 6.07) is 8.98. The number of alkyl halides is 1. The van der Waals surface area contributed by atoms with E-state index in [1.807, 2.05) is 0 Å². The molecule has 1 rings (SSSR count). The van der Waals surface area contributed by atoms with E-state index >= 15 is 0 Å². The van der Waals surface area contributed by atoms with Crippen molar-refractivity contribution < 1.29 is 18.0 Å². The van der Waals surface area contributed by atoms with Crippen LogP contribution < -0.4 is 0 Å². The zero-order chi connectivity index (χ0) is 13.6. The Morgan fingerprint density at radius 2 is 1.78 bits per heavy atom. The van der Waals surface area contributed by atoms with Crippen LogP contribution in [0.2, 0.25) is 0 Å². The Morgan fingerprint density at radius 3 is 2.17 bits per heavy atom. The topological polar surface area (TPSA) is 59.3 Å². The molecule has 98 valence electrons. The number of nitrogens with zero attached hydrogens (tertiary/aromatic N) is 1. The van der Waals surface area contributed by atoms with Gasteiger partial charge in [-0.1, -0.05) is 30.3 Å². The highest BCUT2D eigenvalue weighted by atomic mass is 31.2. The standard InChI is InChI=1S/C12H15FNO3P/c1-3-16-18(15,17-4-2)12(13,10-14)11-8-6-5-7-9-11/h5-9H,3-4H2,1-2H3. The maximum Gasteiger partial charge on any atom is 0.386 e. The van der Waals surface area contributed by atoms with Gasteiger partial charge in [-0.05, 0) is 13.8 Å². The van der Waals surface area contributed by atoms with Crippen LogP contribution in [0.25, 0.3) is 0 Å². The lowest BCUT2D eigenvalue weighted by molar-refractivity contribution is 0.168. The molecule has 0 radical (unpaired) electrons. The summed E-state index contributed by atoms with van der Waals surface area (Å²) in [4.78, 5) is 0. The predicted molar refractivity (Wildman–Crippen MR) is 65.7 cm³/mol. The maximum atomic E-state index is 14.8. The summed E-state index contributed by atoms with van der Waals surface area (Å²) in [5.41, 5.74) is -0.0299. The first-order valence-corrected chi connectivity index (χ1v) is 7.13. The number of rotatable bonds is 6. The van der Waals surface area contributed by atoms with E-state index in [2.05, 4.69) is 0 Å². The molecule has 0 N–H and O–H groups in total. The summed E-state index contributed by atoms with van der Waals surface area (Å²) < 4.78 is 37.1. The number of nitriles is 1. The Labute approximate surface area is 106 Å². The lowest BCUT2D eigenvalue weighted by Gasteiger charge is -2.26. The van der Waals surface area contributed by atoms with Crippen LogP contribution in [0.5, 0.6) is 0 Å². The second kappa shape index (κ2) is 6.10. The molecule has 6 heteroatoms. The third-order valence-corrected chi connectivity index (χ3v) is 4.59. The molecule has 0 aliphatic rings. The second-order valence-corrected chi connectivity index (χ2v) is 5.56. The summed E-state index contributed by atoms with van der Waals surface area (Å²) in [6.45, 7) is 3.12. The highest BCUT2D eigenvalue weighted by molar-refractivity contribution is 7.55. The number of hydrogen-bond acceptors (Lipinski definition) is 4. The first kappa shape index (κ1) is 14.8. The zero-order valence-electron chi connectivity index (χ0n) is 10.3. The van der Waals surface area contributed by atoms with Gasteiger partial charge in [-0.3, -0.25) is 4.57 Å². The molecule has 0 bridgehead atoms. The van der Waals surface area contributed by atoms with E-state index in [1.54, 1.807) is 32.0 Å². The highest BCUT2D eigenvalue weighted by Crippen LogP contribution is 2.65. The molecule has 0 saturated heterocycles. The van der Waals surface area contributed by atoms with Gasteiger partial charge in [0.1, 0.15) is 6.07 Å². The Bertz CT molecular complexity index is 464. The lowest BCUT2D eigenvalue weighted by atomic mass is 10.1. The van der Waals surface area contributed by atoms with Crippen LogP contribution in [0.1, 0.15) is 19.4 Å². The Morgan fingerprint density at radius 1 is 1.28 bits per heavy atom. The quantitative estimate of drug-likeness (QED) is 0.742. The highest BCUT2D eigenvalue weighted by Gasteiger charge is 2.54. The average Bonchev–Trinajstić information content (AvgIpc) is 2.39. The molecule has 0 aliphatic heterocycles. The molecular formula is C12H15FNO3P. The molecule has 18 heavy (non-hydrogen) atoms. The fourth-order valence-corrected chi connectivity index (χ4v) is 3.20. The number of halogens is 1. The molecule has 1 atom stereocenters. The summed E-state index contributed by atoms with van der Waals surface area (Å²) in [7, 11) is -4.19. The van der Waals surface area contributed by atoms with Crippen LogP contribution >= 0.6 is 7.60 Å². The number of hydrogen-bond donors (Lipinski definition) is 0. The molecule has 0 aromatic heterocycles. The monoisotopic (exact) mass is 271 g/mol. The van der Waals surface area contributed by atoms with Gasteiger partial charge in [-0.2, -0.15) is 5.26 Å². The van der Waals surface area contributed by atoms with Gasteiger partial charge in [-0.15, -0.1) is 0 Å². The molecular weight excluding hydrogens is 256 g/mol. The maximum absolute atomic E-state index is 14.8. The van der Waals surface area contributed by atoms with E-state index in [0.29, 0.717) is 0 Å². The van der Waals surface area contributed by atoms with Crippen LogP contribution in [0, 0.1) is 11.3 Å². The van der Waals surface area contributed by atoms with Gasteiger partial charge in [0.15, 0.2) is 0 Å². The molecule has 0 spiro atoms. The van der Waals surface area contributed by atoms with E-state index in [4.69, 9.17) is 14.3 Å². The van der Waals surface area contributed by atoms with Crippen LogP contribution in [-0.4, -0.2) is 13.2 Å². The van der Waals surface area contributed by atoms with Crippen LogP contribution in [0.3, 0.4) is 0 Å². The van der Waals surface area contributed by atoms with Crippen molar-refractivity contribution in [1.29, 1.82) is 5.26 Å². The fourth-order valence-electron chi connectivity index (χ4n) is 1.50. The molecule has 4 nitrogen and oxygen atoms in total. The molecule has 0 saturated carbocycles. The first-order valence-electron chi connectivity index (χ1n) is 5.59. The fraction of sp³-hybridized carbons (Fsp3) is 0.417. The van der Waals surface area contributed by atoms with Crippen molar-refractivity contribution in [1.82, 2.24) is 0 Å². The summed E-state index contributed by atoms with van der Waals surface area (Å²) >= 11 is 0. The average molecular weight is 271 g/mol. The SMILES string of the molecule is CCOP(=O)(OCC)C(F)(C#N)c1ccccc1. The van der Waals surface area contributed by atoms with Gasteiger partial charge in [0.25, 0.3) is 0 Å². The molecule has 0 aliphatic carbocycles. The van der Waals surface area contributed by atoms with E-state index in [1.165, 1.54) is 18.2 Å². The predicted octanol–water partition coefficient (Wildman–Crippen LogP) is 3.60. The number of benzene rings is 1. The van der Waals surface area contributed by atoms with Gasteiger partial charge in [0.2, 0.25) is 0 Å². The smallest absolute Gasteiger partial charge is 0.306 e. The van der Waals surface area contributed by atoms with Crippen LogP contribution in [0.15, 0.2) is 30.3 Å². The molecule has 1 aromatic carbocycles.